The number of aromatic nitrogens is 1. The zero-order valence-electron chi connectivity index (χ0n) is 9.45. The van der Waals surface area contributed by atoms with Crippen molar-refractivity contribution < 1.29 is 0 Å². The summed E-state index contributed by atoms with van der Waals surface area (Å²) in [5, 5.41) is 0. The Morgan fingerprint density at radius 3 is 2.36 bits per heavy atom. The van der Waals surface area contributed by atoms with E-state index in [1.807, 2.05) is 26.2 Å². The summed E-state index contributed by atoms with van der Waals surface area (Å²) in [4.78, 5) is 6.59. The number of anilines is 1. The molecule has 1 fully saturated rings. The molecule has 1 aliphatic rings. The molecule has 2 nitrogen and oxygen atoms in total. The van der Waals surface area contributed by atoms with Crippen molar-refractivity contribution in [3.8, 4) is 0 Å². The SMILES string of the molecule is CC.Cc1cncc(N2CCCC2)c1. The summed E-state index contributed by atoms with van der Waals surface area (Å²) < 4.78 is 0. The maximum atomic E-state index is 4.19. The summed E-state index contributed by atoms with van der Waals surface area (Å²) >= 11 is 0. The van der Waals surface area contributed by atoms with E-state index in [2.05, 4.69) is 22.9 Å². The highest BCUT2D eigenvalue weighted by Crippen LogP contribution is 2.19. The summed E-state index contributed by atoms with van der Waals surface area (Å²) in [6.07, 6.45) is 6.51. The van der Waals surface area contributed by atoms with Gasteiger partial charge in [-0.15, -0.1) is 0 Å². The van der Waals surface area contributed by atoms with Gasteiger partial charge < -0.3 is 4.90 Å². The molecule has 1 saturated heterocycles. The zero-order chi connectivity index (χ0) is 10.4. The lowest BCUT2D eigenvalue weighted by atomic mass is 10.3. The minimum atomic E-state index is 1.20. The van der Waals surface area contributed by atoms with Gasteiger partial charge in [-0.3, -0.25) is 4.98 Å². The van der Waals surface area contributed by atoms with Crippen LogP contribution in [0.2, 0.25) is 0 Å². The fourth-order valence-corrected chi connectivity index (χ4v) is 1.69. The molecule has 1 aliphatic heterocycles. The monoisotopic (exact) mass is 192 g/mol. The molecule has 0 saturated carbocycles. The molecule has 2 rings (SSSR count). The second-order valence-electron chi connectivity index (χ2n) is 3.41. The minimum Gasteiger partial charge on any atom is -0.370 e. The van der Waals surface area contributed by atoms with Crippen LogP contribution in [0.5, 0.6) is 0 Å². The summed E-state index contributed by atoms with van der Waals surface area (Å²) in [6.45, 7) is 8.49. The molecule has 14 heavy (non-hydrogen) atoms. The van der Waals surface area contributed by atoms with Crippen LogP contribution in [-0.2, 0) is 0 Å². The lowest BCUT2D eigenvalue weighted by molar-refractivity contribution is 0.949. The average Bonchev–Trinajstić information content (AvgIpc) is 2.74. The topological polar surface area (TPSA) is 16.1 Å². The Kier molecular flexibility index (Phi) is 4.44. The van der Waals surface area contributed by atoms with Crippen LogP contribution in [0, 0.1) is 6.92 Å². The Morgan fingerprint density at radius 1 is 1.14 bits per heavy atom. The van der Waals surface area contributed by atoms with Crippen molar-refractivity contribution in [3.63, 3.8) is 0 Å². The van der Waals surface area contributed by atoms with E-state index in [0.29, 0.717) is 0 Å². The lowest BCUT2D eigenvalue weighted by Crippen LogP contribution is -2.17. The zero-order valence-corrected chi connectivity index (χ0v) is 9.45. The molecule has 0 amide bonds. The summed E-state index contributed by atoms with van der Waals surface area (Å²) in [6, 6.07) is 2.21. The number of hydrogen-bond donors (Lipinski definition) is 0. The summed E-state index contributed by atoms with van der Waals surface area (Å²) in [5.41, 5.74) is 2.53. The maximum Gasteiger partial charge on any atom is 0.0555 e. The quantitative estimate of drug-likeness (QED) is 0.680. The van der Waals surface area contributed by atoms with Crippen LogP contribution < -0.4 is 4.90 Å². The molecule has 2 heterocycles. The van der Waals surface area contributed by atoms with Gasteiger partial charge >= 0.3 is 0 Å². The van der Waals surface area contributed by atoms with E-state index in [-0.39, 0.29) is 0 Å². The van der Waals surface area contributed by atoms with E-state index in [0.717, 1.165) is 0 Å². The number of hydrogen-bond acceptors (Lipinski definition) is 2. The van der Waals surface area contributed by atoms with Gasteiger partial charge in [0.05, 0.1) is 11.9 Å². The predicted octanol–water partition coefficient (Wildman–Crippen LogP) is 3.02. The van der Waals surface area contributed by atoms with Gasteiger partial charge in [0.1, 0.15) is 0 Å². The van der Waals surface area contributed by atoms with Crippen LogP contribution in [0.1, 0.15) is 32.3 Å². The maximum absolute atomic E-state index is 4.19. The average molecular weight is 192 g/mol. The van der Waals surface area contributed by atoms with Gasteiger partial charge in [-0.1, -0.05) is 13.8 Å². The fraction of sp³-hybridized carbons (Fsp3) is 0.583. The highest BCUT2D eigenvalue weighted by atomic mass is 15.1. The Morgan fingerprint density at radius 2 is 1.79 bits per heavy atom. The molecule has 0 N–H and O–H groups in total. The Labute approximate surface area is 87.0 Å². The Balaban J connectivity index is 0.000000461. The van der Waals surface area contributed by atoms with Crippen LogP contribution in [0.3, 0.4) is 0 Å². The second kappa shape index (κ2) is 5.63. The molecule has 0 bridgehead atoms. The molecule has 0 atom stereocenters. The van der Waals surface area contributed by atoms with Crippen LogP contribution in [-0.4, -0.2) is 18.1 Å². The van der Waals surface area contributed by atoms with Crippen LogP contribution in [0.4, 0.5) is 5.69 Å². The molecular formula is C12H20N2. The molecule has 0 spiro atoms. The van der Waals surface area contributed by atoms with E-state index in [9.17, 15) is 0 Å². The van der Waals surface area contributed by atoms with E-state index < -0.39 is 0 Å². The summed E-state index contributed by atoms with van der Waals surface area (Å²) in [7, 11) is 0. The van der Waals surface area contributed by atoms with Crippen molar-refractivity contribution in [1.29, 1.82) is 0 Å². The van der Waals surface area contributed by atoms with Crippen molar-refractivity contribution in [2.75, 3.05) is 18.0 Å². The Bertz CT molecular complexity index is 265. The molecule has 1 aromatic heterocycles. The van der Waals surface area contributed by atoms with Crippen molar-refractivity contribution in [1.82, 2.24) is 4.98 Å². The largest absolute Gasteiger partial charge is 0.370 e. The number of pyridine rings is 1. The molecule has 0 aromatic carbocycles. The van der Waals surface area contributed by atoms with Crippen molar-refractivity contribution in [2.24, 2.45) is 0 Å². The van der Waals surface area contributed by atoms with E-state index in [4.69, 9.17) is 0 Å². The van der Waals surface area contributed by atoms with E-state index in [1.54, 1.807) is 0 Å². The van der Waals surface area contributed by atoms with E-state index >= 15 is 0 Å². The number of rotatable bonds is 1. The van der Waals surface area contributed by atoms with Crippen molar-refractivity contribution in [2.45, 2.75) is 33.6 Å². The molecule has 0 radical (unpaired) electrons. The highest BCUT2D eigenvalue weighted by molar-refractivity contribution is 5.46. The van der Waals surface area contributed by atoms with Crippen LogP contribution >= 0.6 is 0 Å². The molecule has 0 unspecified atom stereocenters. The van der Waals surface area contributed by atoms with Crippen molar-refractivity contribution >= 4 is 5.69 Å². The van der Waals surface area contributed by atoms with Gasteiger partial charge in [0.25, 0.3) is 0 Å². The molecule has 0 aliphatic carbocycles. The predicted molar refractivity (Wildman–Crippen MR) is 61.8 cm³/mol. The third-order valence-corrected chi connectivity index (χ3v) is 2.33. The minimum absolute atomic E-state index is 1.20. The standard InChI is InChI=1S/C10H14N2.C2H6/c1-9-6-10(8-11-7-9)12-4-2-3-5-12;1-2/h6-8H,2-5H2,1H3;1-2H3. The van der Waals surface area contributed by atoms with Crippen molar-refractivity contribution in [3.05, 3.63) is 24.0 Å². The van der Waals surface area contributed by atoms with Gasteiger partial charge in [-0.25, -0.2) is 0 Å². The van der Waals surface area contributed by atoms with Gasteiger partial charge in [-0.2, -0.15) is 0 Å². The fourth-order valence-electron chi connectivity index (χ4n) is 1.69. The highest BCUT2D eigenvalue weighted by Gasteiger charge is 2.11. The molecule has 2 heteroatoms. The first-order valence-corrected chi connectivity index (χ1v) is 5.53. The third kappa shape index (κ3) is 2.72. The number of nitrogens with zero attached hydrogens (tertiary/aromatic N) is 2. The molecule has 78 valence electrons. The first-order chi connectivity index (χ1) is 6.86. The van der Waals surface area contributed by atoms with E-state index in [1.165, 1.54) is 37.2 Å². The summed E-state index contributed by atoms with van der Waals surface area (Å²) in [5.74, 6) is 0. The van der Waals surface area contributed by atoms with Gasteiger partial charge in [0.2, 0.25) is 0 Å². The lowest BCUT2D eigenvalue weighted by Gasteiger charge is -2.16. The van der Waals surface area contributed by atoms with Gasteiger partial charge in [0, 0.05) is 19.3 Å². The Hall–Kier alpha value is -1.05. The van der Waals surface area contributed by atoms with Gasteiger partial charge in [0.15, 0.2) is 0 Å². The van der Waals surface area contributed by atoms with Crippen LogP contribution in [0.25, 0.3) is 0 Å². The molecular weight excluding hydrogens is 172 g/mol. The first kappa shape index (κ1) is 11.0. The van der Waals surface area contributed by atoms with Crippen LogP contribution in [0.15, 0.2) is 18.5 Å². The second-order valence-corrected chi connectivity index (χ2v) is 3.41. The normalized spacial score (nSPS) is 14.9. The smallest absolute Gasteiger partial charge is 0.0555 e. The number of aryl methyl sites for hydroxylation is 1. The first-order valence-electron chi connectivity index (χ1n) is 5.53. The van der Waals surface area contributed by atoms with Gasteiger partial charge in [-0.05, 0) is 31.4 Å². The molecule has 1 aromatic rings. The third-order valence-electron chi connectivity index (χ3n) is 2.33.